The Balaban J connectivity index is 1.79. The molecule has 0 bridgehead atoms. The van der Waals surface area contributed by atoms with E-state index in [1.54, 1.807) is 7.11 Å². The smallest absolute Gasteiger partial charge is 0.130 e. The molecule has 0 fully saturated rings. The summed E-state index contributed by atoms with van der Waals surface area (Å²) >= 11 is 0. The number of methoxy groups -OCH3 is 1. The van der Waals surface area contributed by atoms with Crippen molar-refractivity contribution >= 4 is 0 Å². The Hall–Kier alpha value is -1.79. The van der Waals surface area contributed by atoms with E-state index in [1.165, 1.54) is 17.8 Å². The van der Waals surface area contributed by atoms with E-state index in [0.29, 0.717) is 25.3 Å². The Morgan fingerprint density at radius 1 is 1.32 bits per heavy atom. The number of aromatic nitrogens is 2. The van der Waals surface area contributed by atoms with E-state index < -0.39 is 11.6 Å². The summed E-state index contributed by atoms with van der Waals surface area (Å²) in [5, 5.41) is 4.49. The van der Waals surface area contributed by atoms with Crippen LogP contribution in [-0.4, -0.2) is 28.3 Å². The number of rotatable bonds is 4. The highest BCUT2D eigenvalue weighted by molar-refractivity contribution is 5.29. The third-order valence-corrected chi connectivity index (χ3v) is 4.09. The molecule has 0 radical (unpaired) electrons. The number of aryl methyl sites for hydroxylation is 1. The second-order valence-corrected chi connectivity index (χ2v) is 5.62. The van der Waals surface area contributed by atoms with Gasteiger partial charge in [-0.2, -0.15) is 5.10 Å². The minimum absolute atomic E-state index is 0.465. The maximum absolute atomic E-state index is 13.8. The van der Waals surface area contributed by atoms with Crippen LogP contribution in [-0.2, 0) is 37.9 Å². The van der Waals surface area contributed by atoms with Crippen LogP contribution in [0.25, 0.3) is 0 Å². The summed E-state index contributed by atoms with van der Waals surface area (Å²) < 4.78 is 33.9. The highest BCUT2D eigenvalue weighted by Crippen LogP contribution is 2.24. The van der Waals surface area contributed by atoms with Gasteiger partial charge in [-0.15, -0.1) is 0 Å². The van der Waals surface area contributed by atoms with Crippen LogP contribution < -0.4 is 0 Å². The van der Waals surface area contributed by atoms with E-state index in [4.69, 9.17) is 4.74 Å². The zero-order valence-electron chi connectivity index (χ0n) is 12.8. The minimum atomic E-state index is -0.545. The molecule has 118 valence electrons. The van der Waals surface area contributed by atoms with E-state index in [9.17, 15) is 8.78 Å². The number of fused-ring (bicyclic) bond motifs is 1. The number of ether oxygens (including phenoxy) is 1. The van der Waals surface area contributed by atoms with Crippen LogP contribution in [0.4, 0.5) is 8.78 Å². The molecule has 1 aliphatic heterocycles. The van der Waals surface area contributed by atoms with Gasteiger partial charge in [-0.3, -0.25) is 9.58 Å². The van der Waals surface area contributed by atoms with E-state index in [-0.39, 0.29) is 0 Å². The van der Waals surface area contributed by atoms with Gasteiger partial charge in [0, 0.05) is 63.1 Å². The molecular formula is C16H19F2N3O. The molecule has 3 rings (SSSR count). The summed E-state index contributed by atoms with van der Waals surface area (Å²) in [6.45, 7) is 2.48. The Kier molecular flexibility index (Phi) is 4.22. The van der Waals surface area contributed by atoms with Crippen molar-refractivity contribution in [2.24, 2.45) is 7.05 Å². The molecule has 0 aliphatic carbocycles. The van der Waals surface area contributed by atoms with Crippen molar-refractivity contribution in [3.05, 3.63) is 52.3 Å². The molecule has 0 N–H and O–H groups in total. The number of hydrogen-bond donors (Lipinski definition) is 0. The highest BCUT2D eigenvalue weighted by Gasteiger charge is 2.24. The fourth-order valence-corrected chi connectivity index (χ4v) is 3.00. The molecule has 0 spiro atoms. The number of halogens is 2. The zero-order valence-corrected chi connectivity index (χ0v) is 12.8. The number of benzene rings is 1. The van der Waals surface area contributed by atoms with Gasteiger partial charge in [0.1, 0.15) is 11.6 Å². The van der Waals surface area contributed by atoms with Gasteiger partial charge in [-0.1, -0.05) is 6.07 Å². The van der Waals surface area contributed by atoms with Crippen LogP contribution in [0.1, 0.15) is 22.5 Å². The highest BCUT2D eigenvalue weighted by atomic mass is 19.1. The van der Waals surface area contributed by atoms with Crippen LogP contribution in [0, 0.1) is 11.6 Å². The Labute approximate surface area is 128 Å². The normalized spacial score (nSPS) is 15.1. The summed E-state index contributed by atoms with van der Waals surface area (Å²) in [7, 11) is 3.59. The van der Waals surface area contributed by atoms with Gasteiger partial charge in [0.2, 0.25) is 0 Å². The van der Waals surface area contributed by atoms with Crippen molar-refractivity contribution in [2.45, 2.75) is 26.1 Å². The van der Waals surface area contributed by atoms with Crippen LogP contribution >= 0.6 is 0 Å². The molecule has 2 heterocycles. The molecule has 0 amide bonds. The average molecular weight is 307 g/mol. The molecule has 1 aromatic carbocycles. The standard InChI is InChI=1S/C16H19F2N3O/c1-20-16-5-6-21(9-13(16)15(19-20)10-22-2)8-11-3-4-12(17)7-14(11)18/h3-4,7H,5-6,8-10H2,1-2H3. The van der Waals surface area contributed by atoms with E-state index in [1.807, 2.05) is 11.7 Å². The average Bonchev–Trinajstić information content (AvgIpc) is 2.79. The van der Waals surface area contributed by atoms with Gasteiger partial charge in [0.15, 0.2) is 0 Å². The van der Waals surface area contributed by atoms with Crippen molar-refractivity contribution in [3.8, 4) is 0 Å². The minimum Gasteiger partial charge on any atom is -0.378 e. The molecule has 0 saturated heterocycles. The van der Waals surface area contributed by atoms with Crippen molar-refractivity contribution in [3.63, 3.8) is 0 Å². The molecule has 2 aromatic rings. The summed E-state index contributed by atoms with van der Waals surface area (Å²) in [5.74, 6) is -1.04. The first-order valence-corrected chi connectivity index (χ1v) is 7.27. The van der Waals surface area contributed by atoms with E-state index >= 15 is 0 Å². The second-order valence-electron chi connectivity index (χ2n) is 5.62. The molecular weight excluding hydrogens is 288 g/mol. The first kappa shape index (κ1) is 15.1. The largest absolute Gasteiger partial charge is 0.378 e. The first-order chi connectivity index (χ1) is 10.6. The Morgan fingerprint density at radius 2 is 2.14 bits per heavy atom. The maximum Gasteiger partial charge on any atom is 0.130 e. The van der Waals surface area contributed by atoms with Crippen molar-refractivity contribution < 1.29 is 13.5 Å². The van der Waals surface area contributed by atoms with Crippen molar-refractivity contribution in [1.29, 1.82) is 0 Å². The van der Waals surface area contributed by atoms with Crippen molar-refractivity contribution in [1.82, 2.24) is 14.7 Å². The summed E-state index contributed by atoms with van der Waals surface area (Å²) in [4.78, 5) is 2.15. The SMILES string of the molecule is COCc1nn(C)c2c1CN(Cc1ccc(F)cc1F)CC2. The molecule has 0 saturated carbocycles. The summed E-state index contributed by atoms with van der Waals surface area (Å²) in [6.07, 6.45) is 0.866. The van der Waals surface area contributed by atoms with Crippen molar-refractivity contribution in [2.75, 3.05) is 13.7 Å². The fraction of sp³-hybridized carbons (Fsp3) is 0.438. The van der Waals surface area contributed by atoms with E-state index in [2.05, 4.69) is 10.00 Å². The molecule has 6 heteroatoms. The topological polar surface area (TPSA) is 30.3 Å². The molecule has 1 aliphatic rings. The van der Waals surface area contributed by atoms with E-state index in [0.717, 1.165) is 30.3 Å². The predicted molar refractivity (Wildman–Crippen MR) is 78.1 cm³/mol. The number of hydrogen-bond acceptors (Lipinski definition) is 3. The van der Waals surface area contributed by atoms with Crippen LogP contribution in [0.15, 0.2) is 18.2 Å². The third-order valence-electron chi connectivity index (χ3n) is 4.09. The van der Waals surface area contributed by atoms with Crippen LogP contribution in [0.5, 0.6) is 0 Å². The number of nitrogens with zero attached hydrogens (tertiary/aromatic N) is 3. The molecule has 22 heavy (non-hydrogen) atoms. The lowest BCUT2D eigenvalue weighted by atomic mass is 10.0. The predicted octanol–water partition coefficient (Wildman–Crippen LogP) is 2.40. The fourth-order valence-electron chi connectivity index (χ4n) is 3.00. The van der Waals surface area contributed by atoms with Gasteiger partial charge in [-0.25, -0.2) is 8.78 Å². The summed E-state index contributed by atoms with van der Waals surface area (Å²) in [6, 6.07) is 3.75. The third kappa shape index (κ3) is 2.89. The summed E-state index contributed by atoms with van der Waals surface area (Å²) in [5.41, 5.74) is 3.83. The van der Waals surface area contributed by atoms with Gasteiger partial charge in [0.05, 0.1) is 12.3 Å². The second kappa shape index (κ2) is 6.14. The monoisotopic (exact) mass is 307 g/mol. The van der Waals surface area contributed by atoms with Gasteiger partial charge < -0.3 is 4.74 Å². The molecule has 0 unspecified atom stereocenters. The Morgan fingerprint density at radius 3 is 2.86 bits per heavy atom. The van der Waals surface area contributed by atoms with Crippen LogP contribution in [0.3, 0.4) is 0 Å². The van der Waals surface area contributed by atoms with Gasteiger partial charge in [-0.05, 0) is 6.07 Å². The van der Waals surface area contributed by atoms with Gasteiger partial charge >= 0.3 is 0 Å². The molecule has 1 aromatic heterocycles. The van der Waals surface area contributed by atoms with Crippen LogP contribution in [0.2, 0.25) is 0 Å². The lowest BCUT2D eigenvalue weighted by molar-refractivity contribution is 0.177. The Bertz CT molecular complexity index is 684. The quantitative estimate of drug-likeness (QED) is 0.869. The molecule has 4 nitrogen and oxygen atoms in total. The van der Waals surface area contributed by atoms with Gasteiger partial charge in [0.25, 0.3) is 0 Å². The maximum atomic E-state index is 13.8. The zero-order chi connectivity index (χ0) is 15.7. The first-order valence-electron chi connectivity index (χ1n) is 7.27. The molecule has 0 atom stereocenters. The lowest BCUT2D eigenvalue weighted by Gasteiger charge is -2.27. The lowest BCUT2D eigenvalue weighted by Crippen LogP contribution is -2.31.